The van der Waals surface area contributed by atoms with Crippen molar-refractivity contribution >= 4 is 15.7 Å². The Labute approximate surface area is 125 Å². The molecule has 0 radical (unpaired) electrons. The highest BCUT2D eigenvalue weighted by molar-refractivity contribution is 7.89. The Kier molecular flexibility index (Phi) is 4.57. The fraction of sp³-hybridized carbons (Fsp3) is 0.571. The number of nitrogen functional groups attached to an aromatic ring is 1. The third kappa shape index (κ3) is 3.21. The van der Waals surface area contributed by atoms with E-state index in [9.17, 15) is 8.42 Å². The van der Waals surface area contributed by atoms with Gasteiger partial charge in [0.15, 0.2) is 0 Å². The van der Waals surface area contributed by atoms with Gasteiger partial charge >= 0.3 is 0 Å². The maximum Gasteiger partial charge on any atom is 0.242 e. The molecule has 1 aromatic rings. The first-order valence-corrected chi connectivity index (χ1v) is 8.28. The number of hydrogen-bond donors (Lipinski definition) is 2. The van der Waals surface area contributed by atoms with Crippen LogP contribution in [0.5, 0.6) is 0 Å². The van der Waals surface area contributed by atoms with Crippen molar-refractivity contribution in [1.29, 1.82) is 0 Å². The molecule has 7 heteroatoms. The Morgan fingerprint density at radius 2 is 2.05 bits per heavy atom. The van der Waals surface area contributed by atoms with Crippen LogP contribution in [0.4, 0.5) is 5.69 Å². The van der Waals surface area contributed by atoms with E-state index in [0.717, 1.165) is 5.56 Å². The summed E-state index contributed by atoms with van der Waals surface area (Å²) in [7, 11) is -2.13. The van der Waals surface area contributed by atoms with Gasteiger partial charge in [-0.2, -0.15) is 0 Å². The van der Waals surface area contributed by atoms with Crippen molar-refractivity contribution in [2.24, 2.45) is 0 Å². The number of methoxy groups -OCH3 is 1. The third-order valence-electron chi connectivity index (χ3n) is 3.96. The minimum atomic E-state index is -3.69. The lowest BCUT2D eigenvalue weighted by atomic mass is 10.0. The molecule has 1 fully saturated rings. The number of sulfonamides is 1. The molecule has 1 saturated heterocycles. The zero-order valence-corrected chi connectivity index (χ0v) is 13.4. The van der Waals surface area contributed by atoms with Crippen LogP contribution < -0.4 is 10.5 Å². The van der Waals surface area contributed by atoms with Gasteiger partial charge in [0, 0.05) is 26.7 Å². The molecule has 2 rings (SSSR count). The van der Waals surface area contributed by atoms with Crippen molar-refractivity contribution in [2.45, 2.75) is 30.8 Å². The standard InChI is InChI=1S/C14H22N2O4S/c1-10-4-5-11(2)13(12(10)15)21(17,18)16-8-14(19-3)6-7-20-9-14/h4-5,16H,6-9,15H2,1-3H3. The minimum absolute atomic E-state index is 0.146. The number of anilines is 1. The lowest BCUT2D eigenvalue weighted by Gasteiger charge is -2.26. The van der Waals surface area contributed by atoms with E-state index in [0.29, 0.717) is 25.2 Å². The van der Waals surface area contributed by atoms with Gasteiger partial charge in [-0.15, -0.1) is 0 Å². The van der Waals surface area contributed by atoms with Crippen molar-refractivity contribution in [1.82, 2.24) is 4.72 Å². The fourth-order valence-corrected chi connectivity index (χ4v) is 3.96. The second-order valence-electron chi connectivity index (χ2n) is 5.46. The molecular formula is C14H22N2O4S. The molecule has 0 aliphatic carbocycles. The number of hydrogen-bond acceptors (Lipinski definition) is 5. The smallest absolute Gasteiger partial charge is 0.242 e. The molecule has 1 atom stereocenters. The summed E-state index contributed by atoms with van der Waals surface area (Å²) in [6, 6.07) is 3.57. The van der Waals surface area contributed by atoms with Gasteiger partial charge in [0.2, 0.25) is 10.0 Å². The average molecular weight is 314 g/mol. The summed E-state index contributed by atoms with van der Waals surface area (Å²) in [5.41, 5.74) is 7.00. The van der Waals surface area contributed by atoms with Gasteiger partial charge in [0.25, 0.3) is 0 Å². The predicted octanol–water partition coefficient (Wildman–Crippen LogP) is 0.969. The normalized spacial score (nSPS) is 22.6. The molecule has 1 aromatic carbocycles. The number of ether oxygens (including phenoxy) is 2. The Balaban J connectivity index is 2.25. The van der Waals surface area contributed by atoms with Gasteiger partial charge in [-0.3, -0.25) is 0 Å². The zero-order chi connectivity index (χ0) is 15.7. The summed E-state index contributed by atoms with van der Waals surface area (Å²) >= 11 is 0. The van der Waals surface area contributed by atoms with Crippen molar-refractivity contribution in [3.8, 4) is 0 Å². The van der Waals surface area contributed by atoms with Gasteiger partial charge in [0.1, 0.15) is 10.5 Å². The van der Waals surface area contributed by atoms with Crippen molar-refractivity contribution in [2.75, 3.05) is 32.6 Å². The maximum absolute atomic E-state index is 12.6. The van der Waals surface area contributed by atoms with Gasteiger partial charge < -0.3 is 15.2 Å². The number of benzene rings is 1. The highest BCUT2D eigenvalue weighted by Gasteiger charge is 2.36. The van der Waals surface area contributed by atoms with Crippen LogP contribution in [0, 0.1) is 13.8 Å². The molecule has 0 saturated carbocycles. The largest absolute Gasteiger partial charge is 0.397 e. The van der Waals surface area contributed by atoms with E-state index >= 15 is 0 Å². The molecule has 21 heavy (non-hydrogen) atoms. The lowest BCUT2D eigenvalue weighted by molar-refractivity contribution is -0.0120. The fourth-order valence-electron chi connectivity index (χ4n) is 2.42. The van der Waals surface area contributed by atoms with E-state index in [1.54, 1.807) is 27.0 Å². The Morgan fingerprint density at radius 3 is 2.62 bits per heavy atom. The second-order valence-corrected chi connectivity index (χ2v) is 7.16. The summed E-state index contributed by atoms with van der Waals surface area (Å²) in [4.78, 5) is 0.146. The van der Waals surface area contributed by atoms with Gasteiger partial charge in [0.05, 0.1) is 12.3 Å². The molecular weight excluding hydrogens is 292 g/mol. The number of rotatable bonds is 5. The van der Waals surface area contributed by atoms with Gasteiger partial charge in [-0.05, 0) is 25.0 Å². The van der Waals surface area contributed by atoms with Crippen LogP contribution in [-0.2, 0) is 19.5 Å². The molecule has 3 N–H and O–H groups in total. The summed E-state index contributed by atoms with van der Waals surface area (Å²) in [6.45, 7) is 4.64. The third-order valence-corrected chi connectivity index (χ3v) is 5.57. The van der Waals surface area contributed by atoms with E-state index in [4.69, 9.17) is 15.2 Å². The average Bonchev–Trinajstić information content (AvgIpc) is 2.91. The maximum atomic E-state index is 12.6. The van der Waals surface area contributed by atoms with Crippen LogP contribution in [0.2, 0.25) is 0 Å². The first-order valence-electron chi connectivity index (χ1n) is 6.79. The van der Waals surface area contributed by atoms with Crippen LogP contribution >= 0.6 is 0 Å². The van der Waals surface area contributed by atoms with E-state index in [1.807, 2.05) is 6.07 Å². The van der Waals surface area contributed by atoms with Gasteiger partial charge in [-0.25, -0.2) is 13.1 Å². The van der Waals surface area contributed by atoms with E-state index in [-0.39, 0.29) is 17.1 Å². The highest BCUT2D eigenvalue weighted by atomic mass is 32.2. The molecule has 0 bridgehead atoms. The summed E-state index contributed by atoms with van der Waals surface area (Å²) in [6.07, 6.45) is 0.661. The monoisotopic (exact) mass is 314 g/mol. The molecule has 1 unspecified atom stereocenters. The first kappa shape index (κ1) is 16.2. The predicted molar refractivity (Wildman–Crippen MR) is 80.7 cm³/mol. The Morgan fingerprint density at radius 1 is 1.38 bits per heavy atom. The molecule has 6 nitrogen and oxygen atoms in total. The number of aryl methyl sites for hydroxylation is 2. The summed E-state index contributed by atoms with van der Waals surface area (Å²) < 4.78 is 38.4. The molecule has 1 aliphatic rings. The van der Waals surface area contributed by atoms with Gasteiger partial charge in [-0.1, -0.05) is 12.1 Å². The molecule has 0 amide bonds. The van der Waals surface area contributed by atoms with Crippen molar-refractivity contribution < 1.29 is 17.9 Å². The molecule has 1 heterocycles. The van der Waals surface area contributed by atoms with Crippen LogP contribution in [0.1, 0.15) is 17.5 Å². The van der Waals surface area contributed by atoms with Crippen molar-refractivity contribution in [3.63, 3.8) is 0 Å². The van der Waals surface area contributed by atoms with Crippen LogP contribution in [-0.4, -0.2) is 40.9 Å². The van der Waals surface area contributed by atoms with E-state index in [1.165, 1.54) is 0 Å². The molecule has 1 aliphatic heterocycles. The van der Waals surface area contributed by atoms with Crippen molar-refractivity contribution in [3.05, 3.63) is 23.3 Å². The van der Waals surface area contributed by atoms with Crippen LogP contribution in [0.15, 0.2) is 17.0 Å². The number of nitrogens with one attached hydrogen (secondary N) is 1. The SMILES string of the molecule is COC1(CNS(=O)(=O)c2c(C)ccc(C)c2N)CCOC1. The quantitative estimate of drug-likeness (QED) is 0.790. The molecule has 118 valence electrons. The highest BCUT2D eigenvalue weighted by Crippen LogP contribution is 2.27. The van der Waals surface area contributed by atoms with E-state index < -0.39 is 15.6 Å². The van der Waals surface area contributed by atoms with Crippen LogP contribution in [0.3, 0.4) is 0 Å². The summed E-state index contributed by atoms with van der Waals surface area (Å²) in [5, 5.41) is 0. The molecule has 0 spiro atoms. The molecule has 0 aromatic heterocycles. The van der Waals surface area contributed by atoms with E-state index in [2.05, 4.69) is 4.72 Å². The Bertz CT molecular complexity index is 622. The minimum Gasteiger partial charge on any atom is -0.397 e. The zero-order valence-electron chi connectivity index (χ0n) is 12.6. The second kappa shape index (κ2) is 5.92. The number of nitrogens with two attached hydrogens (primary N) is 1. The van der Waals surface area contributed by atoms with Crippen LogP contribution in [0.25, 0.3) is 0 Å². The first-order chi connectivity index (χ1) is 9.81. The topological polar surface area (TPSA) is 90.7 Å². The summed E-state index contributed by atoms with van der Waals surface area (Å²) in [5.74, 6) is 0. The lowest BCUT2D eigenvalue weighted by Crippen LogP contribution is -2.45. The Hall–Kier alpha value is -1.15.